The Bertz CT molecular complexity index is 233. The summed E-state index contributed by atoms with van der Waals surface area (Å²) in [6.07, 6.45) is 1.75. The second-order valence-corrected chi connectivity index (χ2v) is 4.76. The fourth-order valence-electron chi connectivity index (χ4n) is 2.55. The fraction of sp³-hybridized carbons (Fsp3) is 0.909. The molecule has 2 heterocycles. The predicted octanol–water partition coefficient (Wildman–Crippen LogP) is 0.282. The van der Waals surface area contributed by atoms with Crippen LogP contribution in [-0.2, 0) is 0 Å². The van der Waals surface area contributed by atoms with E-state index in [4.69, 9.17) is 5.11 Å². The van der Waals surface area contributed by atoms with E-state index in [-0.39, 0.29) is 0 Å². The molecule has 0 aromatic carbocycles. The van der Waals surface area contributed by atoms with Crippen molar-refractivity contribution in [3.8, 4) is 0 Å². The molecule has 1 amide bonds. The highest BCUT2D eigenvalue weighted by Crippen LogP contribution is 2.14. The lowest BCUT2D eigenvalue weighted by Gasteiger charge is -2.36. The summed E-state index contributed by atoms with van der Waals surface area (Å²) in [5.41, 5.74) is 0. The molecule has 0 aromatic rings. The summed E-state index contributed by atoms with van der Waals surface area (Å²) in [4.78, 5) is 14.7. The van der Waals surface area contributed by atoms with E-state index in [1.54, 1.807) is 0 Å². The largest absolute Gasteiger partial charge is 0.465 e. The Labute approximate surface area is 96.4 Å². The van der Waals surface area contributed by atoms with Crippen molar-refractivity contribution in [1.82, 2.24) is 15.1 Å². The van der Waals surface area contributed by atoms with Crippen LogP contribution >= 0.6 is 0 Å². The molecular weight excluding hydrogens is 206 g/mol. The number of amides is 1. The lowest BCUT2D eigenvalue weighted by Crippen LogP contribution is -2.50. The Hall–Kier alpha value is -0.810. The first-order chi connectivity index (χ1) is 7.75. The van der Waals surface area contributed by atoms with Gasteiger partial charge >= 0.3 is 6.09 Å². The van der Waals surface area contributed by atoms with Crippen LogP contribution in [0.1, 0.15) is 12.8 Å². The molecule has 0 bridgehead atoms. The first kappa shape index (κ1) is 11.7. The van der Waals surface area contributed by atoms with E-state index in [2.05, 4.69) is 10.2 Å². The molecular formula is C11H21N3O2. The van der Waals surface area contributed by atoms with E-state index in [0.717, 1.165) is 38.6 Å². The molecule has 5 heteroatoms. The minimum Gasteiger partial charge on any atom is -0.465 e. The van der Waals surface area contributed by atoms with Crippen LogP contribution in [0.2, 0.25) is 0 Å². The maximum atomic E-state index is 10.8. The number of hydrogen-bond donors (Lipinski definition) is 2. The number of piperidine rings is 1. The number of carboxylic acid groups (broad SMARTS) is 1. The van der Waals surface area contributed by atoms with Gasteiger partial charge < -0.3 is 15.3 Å². The first-order valence-electron chi connectivity index (χ1n) is 6.16. The SMILES string of the molecule is O=C(O)N1CCN(CC2CCNCC2)CC1. The maximum absolute atomic E-state index is 10.8. The fourth-order valence-corrected chi connectivity index (χ4v) is 2.55. The van der Waals surface area contributed by atoms with E-state index >= 15 is 0 Å². The summed E-state index contributed by atoms with van der Waals surface area (Å²) < 4.78 is 0. The molecule has 2 fully saturated rings. The molecule has 0 aliphatic carbocycles. The van der Waals surface area contributed by atoms with Gasteiger partial charge in [-0.15, -0.1) is 0 Å². The van der Waals surface area contributed by atoms with Crippen LogP contribution in [0.3, 0.4) is 0 Å². The van der Waals surface area contributed by atoms with E-state index in [9.17, 15) is 4.79 Å². The molecule has 0 unspecified atom stereocenters. The van der Waals surface area contributed by atoms with Crippen LogP contribution in [0.25, 0.3) is 0 Å². The summed E-state index contributed by atoms with van der Waals surface area (Å²) in [5, 5.41) is 12.2. The topological polar surface area (TPSA) is 55.8 Å². The third kappa shape index (κ3) is 3.09. The highest BCUT2D eigenvalue weighted by Gasteiger charge is 2.23. The number of rotatable bonds is 2. The molecule has 2 N–H and O–H groups in total. The van der Waals surface area contributed by atoms with Gasteiger partial charge in [0.25, 0.3) is 0 Å². The molecule has 0 spiro atoms. The summed E-state index contributed by atoms with van der Waals surface area (Å²) >= 11 is 0. The number of carbonyl (C=O) groups is 1. The maximum Gasteiger partial charge on any atom is 0.407 e. The van der Waals surface area contributed by atoms with E-state index in [1.807, 2.05) is 0 Å². The highest BCUT2D eigenvalue weighted by molar-refractivity contribution is 5.65. The van der Waals surface area contributed by atoms with Crippen LogP contribution in [0, 0.1) is 5.92 Å². The van der Waals surface area contributed by atoms with Crippen molar-refractivity contribution in [1.29, 1.82) is 0 Å². The zero-order valence-corrected chi connectivity index (χ0v) is 9.69. The second-order valence-electron chi connectivity index (χ2n) is 4.76. The lowest BCUT2D eigenvalue weighted by molar-refractivity contribution is 0.0950. The Kier molecular flexibility index (Phi) is 4.01. The minimum atomic E-state index is -0.776. The van der Waals surface area contributed by atoms with E-state index in [0.29, 0.717) is 13.1 Å². The van der Waals surface area contributed by atoms with Gasteiger partial charge in [0.2, 0.25) is 0 Å². The van der Waals surface area contributed by atoms with Gasteiger partial charge in [-0.2, -0.15) is 0 Å². The molecule has 2 aliphatic rings. The van der Waals surface area contributed by atoms with Crippen LogP contribution in [0.15, 0.2) is 0 Å². The van der Waals surface area contributed by atoms with Crippen LogP contribution in [-0.4, -0.2) is 66.8 Å². The van der Waals surface area contributed by atoms with Crippen LogP contribution in [0.5, 0.6) is 0 Å². The van der Waals surface area contributed by atoms with Crippen molar-refractivity contribution in [2.24, 2.45) is 5.92 Å². The van der Waals surface area contributed by atoms with Crippen molar-refractivity contribution in [3.05, 3.63) is 0 Å². The average molecular weight is 227 g/mol. The molecule has 2 rings (SSSR count). The zero-order valence-electron chi connectivity index (χ0n) is 9.69. The van der Waals surface area contributed by atoms with Gasteiger partial charge in [0.1, 0.15) is 0 Å². The molecule has 92 valence electrons. The second kappa shape index (κ2) is 5.50. The predicted molar refractivity (Wildman–Crippen MR) is 61.6 cm³/mol. The first-order valence-corrected chi connectivity index (χ1v) is 6.16. The molecule has 2 saturated heterocycles. The Balaban J connectivity index is 1.70. The quantitative estimate of drug-likeness (QED) is 0.711. The summed E-state index contributed by atoms with van der Waals surface area (Å²) in [6, 6.07) is 0. The number of piperazine rings is 1. The van der Waals surface area contributed by atoms with Gasteiger partial charge in [0.15, 0.2) is 0 Å². The molecule has 0 atom stereocenters. The van der Waals surface area contributed by atoms with Gasteiger partial charge in [-0.3, -0.25) is 4.90 Å². The van der Waals surface area contributed by atoms with E-state index < -0.39 is 6.09 Å². The molecule has 5 nitrogen and oxygen atoms in total. The zero-order chi connectivity index (χ0) is 11.4. The monoisotopic (exact) mass is 227 g/mol. The van der Waals surface area contributed by atoms with Gasteiger partial charge in [0, 0.05) is 32.7 Å². The Morgan fingerprint density at radius 2 is 1.81 bits per heavy atom. The molecule has 16 heavy (non-hydrogen) atoms. The average Bonchev–Trinajstić information content (AvgIpc) is 2.31. The Morgan fingerprint density at radius 3 is 2.38 bits per heavy atom. The molecule has 0 saturated carbocycles. The smallest absolute Gasteiger partial charge is 0.407 e. The minimum absolute atomic E-state index is 0.667. The van der Waals surface area contributed by atoms with Crippen molar-refractivity contribution in [3.63, 3.8) is 0 Å². The van der Waals surface area contributed by atoms with Crippen molar-refractivity contribution >= 4 is 6.09 Å². The third-order valence-corrected chi connectivity index (χ3v) is 3.62. The standard InChI is InChI=1S/C11H21N3O2/c15-11(16)14-7-5-13(6-8-14)9-10-1-3-12-4-2-10/h10,12H,1-9H2,(H,15,16). The number of nitrogens with one attached hydrogen (secondary N) is 1. The van der Waals surface area contributed by atoms with E-state index in [1.165, 1.54) is 17.7 Å². The van der Waals surface area contributed by atoms with Crippen LogP contribution in [0.4, 0.5) is 4.79 Å². The molecule has 0 radical (unpaired) electrons. The third-order valence-electron chi connectivity index (χ3n) is 3.62. The summed E-state index contributed by atoms with van der Waals surface area (Å²) in [6.45, 7) is 6.56. The van der Waals surface area contributed by atoms with Gasteiger partial charge in [0.05, 0.1) is 0 Å². The van der Waals surface area contributed by atoms with Crippen molar-refractivity contribution in [2.45, 2.75) is 12.8 Å². The number of hydrogen-bond acceptors (Lipinski definition) is 3. The van der Waals surface area contributed by atoms with Gasteiger partial charge in [-0.05, 0) is 31.8 Å². The highest BCUT2D eigenvalue weighted by atomic mass is 16.4. The van der Waals surface area contributed by atoms with Gasteiger partial charge in [-0.1, -0.05) is 0 Å². The molecule has 0 aromatic heterocycles. The van der Waals surface area contributed by atoms with Crippen LogP contribution < -0.4 is 5.32 Å². The molecule has 2 aliphatic heterocycles. The Morgan fingerprint density at radius 1 is 1.19 bits per heavy atom. The number of nitrogens with zero attached hydrogens (tertiary/aromatic N) is 2. The van der Waals surface area contributed by atoms with Crippen molar-refractivity contribution in [2.75, 3.05) is 45.8 Å². The summed E-state index contributed by atoms with van der Waals surface area (Å²) in [7, 11) is 0. The van der Waals surface area contributed by atoms with Gasteiger partial charge in [-0.25, -0.2) is 4.79 Å². The lowest BCUT2D eigenvalue weighted by atomic mass is 9.97. The summed E-state index contributed by atoms with van der Waals surface area (Å²) in [5.74, 6) is 0.803. The van der Waals surface area contributed by atoms with Crippen molar-refractivity contribution < 1.29 is 9.90 Å². The normalized spacial score (nSPS) is 24.6.